The van der Waals surface area contributed by atoms with Gasteiger partial charge < -0.3 is 16.4 Å². The molecule has 150 valence electrons. The minimum absolute atomic E-state index is 0.0725. The third-order valence-electron chi connectivity index (χ3n) is 4.23. The first-order valence-corrected chi connectivity index (χ1v) is 8.89. The summed E-state index contributed by atoms with van der Waals surface area (Å²) in [4.78, 5) is 36.1. The van der Waals surface area contributed by atoms with Crippen molar-refractivity contribution in [1.82, 2.24) is 10.6 Å². The van der Waals surface area contributed by atoms with Gasteiger partial charge in [0.15, 0.2) is 0 Å². The van der Waals surface area contributed by atoms with E-state index in [0.717, 1.165) is 0 Å². The van der Waals surface area contributed by atoms with Crippen molar-refractivity contribution < 1.29 is 18.8 Å². The monoisotopic (exact) mass is 396 g/mol. The molecule has 2 atom stereocenters. The second-order valence-corrected chi connectivity index (χ2v) is 6.53. The van der Waals surface area contributed by atoms with Crippen molar-refractivity contribution in [2.45, 2.75) is 31.8 Å². The number of primary amides is 1. The summed E-state index contributed by atoms with van der Waals surface area (Å²) in [5, 5.41) is 14.0. The molecule has 4 N–H and O–H groups in total. The highest BCUT2D eigenvalue weighted by Crippen LogP contribution is 2.11. The normalized spacial score (nSPS) is 12.3. The van der Waals surface area contributed by atoms with E-state index in [0.29, 0.717) is 11.1 Å². The molecule has 0 fully saturated rings. The molecular formula is C21H21FN4O3. The van der Waals surface area contributed by atoms with E-state index in [1.807, 2.05) is 6.07 Å². The van der Waals surface area contributed by atoms with Gasteiger partial charge in [0.1, 0.15) is 17.9 Å². The van der Waals surface area contributed by atoms with E-state index < -0.39 is 35.6 Å². The Morgan fingerprint density at radius 3 is 2.41 bits per heavy atom. The van der Waals surface area contributed by atoms with Crippen LogP contribution in [-0.2, 0) is 27.2 Å². The number of benzene rings is 2. The van der Waals surface area contributed by atoms with Gasteiger partial charge in [0.2, 0.25) is 17.7 Å². The molecule has 0 aliphatic heterocycles. The average molecular weight is 396 g/mol. The fourth-order valence-corrected chi connectivity index (χ4v) is 2.84. The lowest BCUT2D eigenvalue weighted by Gasteiger charge is -2.22. The number of carbonyl (C=O) groups excluding carboxylic acids is 3. The molecule has 0 heterocycles. The van der Waals surface area contributed by atoms with Crippen molar-refractivity contribution in [3.63, 3.8) is 0 Å². The van der Waals surface area contributed by atoms with Crippen LogP contribution in [0.5, 0.6) is 0 Å². The molecule has 3 amide bonds. The van der Waals surface area contributed by atoms with Gasteiger partial charge in [-0.2, -0.15) is 5.26 Å². The molecule has 0 aliphatic carbocycles. The molecule has 0 aliphatic rings. The molecule has 0 unspecified atom stereocenters. The lowest BCUT2D eigenvalue weighted by atomic mass is 10.0. The summed E-state index contributed by atoms with van der Waals surface area (Å²) in [7, 11) is 0. The molecule has 2 aromatic carbocycles. The molecule has 29 heavy (non-hydrogen) atoms. The third kappa shape index (κ3) is 6.43. The van der Waals surface area contributed by atoms with Gasteiger partial charge in [-0.1, -0.05) is 30.3 Å². The van der Waals surface area contributed by atoms with Gasteiger partial charge in [0.25, 0.3) is 0 Å². The van der Waals surface area contributed by atoms with Crippen molar-refractivity contribution in [1.29, 1.82) is 5.26 Å². The van der Waals surface area contributed by atoms with Gasteiger partial charge in [-0.3, -0.25) is 14.4 Å². The van der Waals surface area contributed by atoms with Crippen LogP contribution in [0.25, 0.3) is 0 Å². The minimum Gasteiger partial charge on any atom is -0.368 e. The Balaban J connectivity index is 2.17. The zero-order valence-corrected chi connectivity index (χ0v) is 15.8. The van der Waals surface area contributed by atoms with E-state index >= 15 is 0 Å². The molecular weight excluding hydrogens is 375 g/mol. The highest BCUT2D eigenvalue weighted by molar-refractivity contribution is 5.91. The molecule has 2 aromatic rings. The van der Waals surface area contributed by atoms with Crippen molar-refractivity contribution in [3.8, 4) is 6.07 Å². The van der Waals surface area contributed by atoms with Crippen molar-refractivity contribution in [3.05, 3.63) is 71.0 Å². The predicted octanol–water partition coefficient (Wildman–Crippen LogP) is 0.957. The fourth-order valence-electron chi connectivity index (χ4n) is 2.84. The number of nitrogens with zero attached hydrogens (tertiary/aromatic N) is 1. The number of rotatable bonds is 8. The largest absolute Gasteiger partial charge is 0.368 e. The molecule has 0 aromatic heterocycles. The quantitative estimate of drug-likeness (QED) is 0.614. The number of carbonyl (C=O) groups is 3. The first kappa shape index (κ1) is 21.6. The second kappa shape index (κ2) is 9.99. The lowest BCUT2D eigenvalue weighted by molar-refractivity contribution is -0.130. The van der Waals surface area contributed by atoms with E-state index in [1.165, 1.54) is 25.1 Å². The Morgan fingerprint density at radius 1 is 1.07 bits per heavy atom. The summed E-state index contributed by atoms with van der Waals surface area (Å²) < 4.78 is 14.0. The number of hydrogen-bond acceptors (Lipinski definition) is 4. The number of amides is 3. The number of hydrogen-bond donors (Lipinski definition) is 3. The SMILES string of the molecule is CC(=O)N[C@H](Cc1ccccc1F)C(=O)N[C@H](Cc1cccc(C#N)c1)C(N)=O. The maximum absolute atomic E-state index is 14.0. The van der Waals surface area contributed by atoms with Crippen LogP contribution in [0, 0.1) is 17.1 Å². The summed E-state index contributed by atoms with van der Waals surface area (Å²) in [6.07, 6.45) is -0.0173. The minimum atomic E-state index is -1.09. The molecule has 0 radical (unpaired) electrons. The van der Waals surface area contributed by atoms with E-state index in [4.69, 9.17) is 11.0 Å². The summed E-state index contributed by atoms with van der Waals surface area (Å²) in [5.41, 5.74) is 6.71. The first-order chi connectivity index (χ1) is 13.8. The Morgan fingerprint density at radius 2 is 1.79 bits per heavy atom. The van der Waals surface area contributed by atoms with Crippen molar-refractivity contribution >= 4 is 17.7 Å². The standard InChI is InChI=1S/C21H21FN4O3/c1-13(27)25-19(11-16-7-2-3-8-17(16)22)21(29)26-18(20(24)28)10-14-5-4-6-15(9-14)12-23/h2-9,18-19H,10-11H2,1H3,(H2,24,28)(H,25,27)(H,26,29)/t18-,19-/m1/s1. The highest BCUT2D eigenvalue weighted by atomic mass is 19.1. The van der Waals surface area contributed by atoms with E-state index in [2.05, 4.69) is 10.6 Å². The second-order valence-electron chi connectivity index (χ2n) is 6.53. The molecule has 0 bridgehead atoms. The summed E-state index contributed by atoms with van der Waals surface area (Å²) >= 11 is 0. The summed E-state index contributed by atoms with van der Waals surface area (Å²) in [6.45, 7) is 1.24. The smallest absolute Gasteiger partial charge is 0.243 e. The topological polar surface area (TPSA) is 125 Å². The zero-order valence-electron chi connectivity index (χ0n) is 15.8. The summed E-state index contributed by atoms with van der Waals surface area (Å²) in [6, 6.07) is 12.3. The lowest BCUT2D eigenvalue weighted by Crippen LogP contribution is -2.54. The van der Waals surface area contributed by atoms with Crippen LogP contribution in [0.1, 0.15) is 23.6 Å². The van der Waals surface area contributed by atoms with Crippen molar-refractivity contribution in [2.24, 2.45) is 5.73 Å². The number of halogens is 1. The van der Waals surface area contributed by atoms with E-state index in [9.17, 15) is 18.8 Å². The molecule has 0 saturated carbocycles. The molecule has 2 rings (SSSR count). The van der Waals surface area contributed by atoms with Crippen LogP contribution in [0.4, 0.5) is 4.39 Å². The van der Waals surface area contributed by atoms with Crippen LogP contribution in [-0.4, -0.2) is 29.8 Å². The van der Waals surface area contributed by atoms with E-state index in [-0.39, 0.29) is 18.4 Å². The highest BCUT2D eigenvalue weighted by Gasteiger charge is 2.26. The van der Waals surface area contributed by atoms with Crippen LogP contribution in [0.3, 0.4) is 0 Å². The van der Waals surface area contributed by atoms with Crippen LogP contribution >= 0.6 is 0 Å². The Labute approximate surface area is 167 Å². The van der Waals surface area contributed by atoms with Crippen LogP contribution < -0.4 is 16.4 Å². The van der Waals surface area contributed by atoms with Crippen LogP contribution in [0.15, 0.2) is 48.5 Å². The average Bonchev–Trinajstić information content (AvgIpc) is 2.68. The molecule has 8 heteroatoms. The fraction of sp³-hybridized carbons (Fsp3) is 0.238. The number of nitrogens with one attached hydrogen (secondary N) is 2. The van der Waals surface area contributed by atoms with Gasteiger partial charge in [-0.25, -0.2) is 4.39 Å². The van der Waals surface area contributed by atoms with Gasteiger partial charge >= 0.3 is 0 Å². The predicted molar refractivity (Wildman–Crippen MR) is 104 cm³/mol. The summed E-state index contributed by atoms with van der Waals surface area (Å²) in [5.74, 6) is -2.41. The Bertz CT molecular complexity index is 955. The molecule has 0 spiro atoms. The maximum atomic E-state index is 14.0. The van der Waals surface area contributed by atoms with Gasteiger partial charge in [0.05, 0.1) is 11.6 Å². The van der Waals surface area contributed by atoms with Crippen molar-refractivity contribution in [2.75, 3.05) is 0 Å². The number of nitrogens with two attached hydrogens (primary N) is 1. The zero-order chi connectivity index (χ0) is 21.4. The van der Waals surface area contributed by atoms with Crippen LogP contribution in [0.2, 0.25) is 0 Å². The third-order valence-corrected chi connectivity index (χ3v) is 4.23. The van der Waals surface area contributed by atoms with E-state index in [1.54, 1.807) is 30.3 Å². The Kier molecular flexibility index (Phi) is 7.43. The number of nitriles is 1. The molecule has 0 saturated heterocycles. The maximum Gasteiger partial charge on any atom is 0.243 e. The Hall–Kier alpha value is -3.73. The molecule has 7 nitrogen and oxygen atoms in total. The van der Waals surface area contributed by atoms with Gasteiger partial charge in [-0.15, -0.1) is 0 Å². The van der Waals surface area contributed by atoms with Gasteiger partial charge in [-0.05, 0) is 29.3 Å². The van der Waals surface area contributed by atoms with Gasteiger partial charge in [0, 0.05) is 19.8 Å². The first-order valence-electron chi connectivity index (χ1n) is 8.89.